The summed E-state index contributed by atoms with van der Waals surface area (Å²) < 4.78 is 18.6. The van der Waals surface area contributed by atoms with E-state index in [4.69, 9.17) is 4.74 Å². The Bertz CT molecular complexity index is 765. The smallest absolute Gasteiger partial charge is 0.260 e. The van der Waals surface area contributed by atoms with Crippen LogP contribution in [-0.4, -0.2) is 23.8 Å². The van der Waals surface area contributed by atoms with Gasteiger partial charge < -0.3 is 10.1 Å². The number of carbonyl (C=O) groups excluding carboxylic acids is 2. The van der Waals surface area contributed by atoms with Crippen molar-refractivity contribution in [2.75, 3.05) is 0 Å². The number of amides is 1. The van der Waals surface area contributed by atoms with Crippen LogP contribution < -0.4 is 10.1 Å². The highest BCUT2D eigenvalue weighted by molar-refractivity contribution is 6.09. The summed E-state index contributed by atoms with van der Waals surface area (Å²) in [6.07, 6.45) is 3.76. The van der Waals surface area contributed by atoms with Crippen LogP contribution in [0.2, 0.25) is 0 Å². The molecule has 5 heteroatoms. The fraction of sp³-hybridized carbons (Fsp3) is 0.333. The van der Waals surface area contributed by atoms with Gasteiger partial charge >= 0.3 is 0 Å². The van der Waals surface area contributed by atoms with E-state index in [0.717, 1.165) is 25.7 Å². The number of hydrogen-bond acceptors (Lipinski definition) is 3. The second-order valence-corrected chi connectivity index (χ2v) is 6.61. The molecule has 0 saturated heterocycles. The van der Waals surface area contributed by atoms with Crippen LogP contribution in [0, 0.1) is 5.82 Å². The van der Waals surface area contributed by atoms with Crippen LogP contribution in [0.1, 0.15) is 48.5 Å². The molecule has 1 fully saturated rings. The van der Waals surface area contributed by atoms with Crippen molar-refractivity contribution in [1.82, 2.24) is 5.32 Å². The minimum atomic E-state index is -0.603. The van der Waals surface area contributed by atoms with Gasteiger partial charge in [-0.25, -0.2) is 4.39 Å². The molecule has 2 aromatic rings. The molecule has 3 rings (SSSR count). The standard InChI is InChI=1S/C21H22FNO3/c1-14(21(25)23-18-4-2-3-5-18)26-19-12-8-16(9-13-19)20(24)15-6-10-17(22)11-7-15/h6-14,18H,2-5H2,1H3,(H,23,25)/t14-/m0/s1. The molecule has 4 nitrogen and oxygen atoms in total. The Morgan fingerprint density at radius 1 is 1.00 bits per heavy atom. The topological polar surface area (TPSA) is 55.4 Å². The highest BCUT2D eigenvalue weighted by atomic mass is 19.1. The first kappa shape index (κ1) is 18.1. The lowest BCUT2D eigenvalue weighted by molar-refractivity contribution is -0.127. The third-order valence-corrected chi connectivity index (χ3v) is 4.61. The predicted molar refractivity (Wildman–Crippen MR) is 96.8 cm³/mol. The molecular weight excluding hydrogens is 333 g/mol. The molecule has 1 aliphatic carbocycles. The number of rotatable bonds is 6. The summed E-state index contributed by atoms with van der Waals surface area (Å²) in [5, 5.41) is 3.01. The molecule has 1 amide bonds. The van der Waals surface area contributed by atoms with E-state index in [1.165, 1.54) is 24.3 Å². The zero-order chi connectivity index (χ0) is 18.5. The van der Waals surface area contributed by atoms with Gasteiger partial charge in [0, 0.05) is 17.2 Å². The Balaban J connectivity index is 1.59. The molecule has 0 bridgehead atoms. The first-order valence-electron chi connectivity index (χ1n) is 8.90. The molecule has 1 aliphatic rings. The van der Waals surface area contributed by atoms with Gasteiger partial charge in [0.15, 0.2) is 11.9 Å². The molecule has 0 spiro atoms. The molecule has 0 aromatic heterocycles. The molecule has 1 saturated carbocycles. The van der Waals surface area contributed by atoms with Gasteiger partial charge in [0.25, 0.3) is 5.91 Å². The fourth-order valence-corrected chi connectivity index (χ4v) is 3.10. The van der Waals surface area contributed by atoms with Gasteiger partial charge in [0.2, 0.25) is 0 Å². The van der Waals surface area contributed by atoms with Crippen LogP contribution in [0.25, 0.3) is 0 Å². The summed E-state index contributed by atoms with van der Waals surface area (Å²) in [4.78, 5) is 24.5. The molecule has 0 unspecified atom stereocenters. The van der Waals surface area contributed by atoms with Crippen LogP contribution >= 0.6 is 0 Å². The highest BCUT2D eigenvalue weighted by Gasteiger charge is 2.21. The van der Waals surface area contributed by atoms with Crippen molar-refractivity contribution in [1.29, 1.82) is 0 Å². The third kappa shape index (κ3) is 4.48. The Morgan fingerprint density at radius 3 is 2.12 bits per heavy atom. The van der Waals surface area contributed by atoms with E-state index in [1.54, 1.807) is 31.2 Å². The molecule has 0 radical (unpaired) electrons. The average Bonchev–Trinajstić information content (AvgIpc) is 3.15. The van der Waals surface area contributed by atoms with Crippen LogP contribution in [0.5, 0.6) is 5.75 Å². The molecule has 26 heavy (non-hydrogen) atoms. The summed E-state index contributed by atoms with van der Waals surface area (Å²) in [7, 11) is 0. The van der Waals surface area contributed by atoms with Gasteiger partial charge in [-0.3, -0.25) is 9.59 Å². The number of ketones is 1. The molecular formula is C21H22FNO3. The van der Waals surface area contributed by atoms with E-state index < -0.39 is 6.10 Å². The molecule has 0 heterocycles. The van der Waals surface area contributed by atoms with E-state index in [2.05, 4.69) is 5.32 Å². The zero-order valence-corrected chi connectivity index (χ0v) is 14.7. The number of carbonyl (C=O) groups is 2. The number of nitrogens with one attached hydrogen (secondary N) is 1. The van der Waals surface area contributed by atoms with Crippen LogP contribution in [0.4, 0.5) is 4.39 Å². The van der Waals surface area contributed by atoms with Crippen LogP contribution in [-0.2, 0) is 4.79 Å². The van der Waals surface area contributed by atoms with Crippen molar-refractivity contribution in [2.45, 2.75) is 44.8 Å². The Kier molecular flexibility index (Phi) is 5.66. The maximum Gasteiger partial charge on any atom is 0.260 e. The van der Waals surface area contributed by atoms with Crippen molar-refractivity contribution in [3.8, 4) is 5.75 Å². The van der Waals surface area contributed by atoms with Gasteiger partial charge in [0.05, 0.1) is 0 Å². The van der Waals surface area contributed by atoms with Gasteiger partial charge in [0.1, 0.15) is 11.6 Å². The van der Waals surface area contributed by atoms with Crippen molar-refractivity contribution < 1.29 is 18.7 Å². The molecule has 0 aliphatic heterocycles. The predicted octanol–water partition coefficient (Wildman–Crippen LogP) is 3.88. The minimum Gasteiger partial charge on any atom is -0.481 e. The second-order valence-electron chi connectivity index (χ2n) is 6.61. The van der Waals surface area contributed by atoms with Crippen molar-refractivity contribution >= 4 is 11.7 Å². The van der Waals surface area contributed by atoms with Crippen molar-refractivity contribution in [3.63, 3.8) is 0 Å². The minimum absolute atomic E-state index is 0.122. The largest absolute Gasteiger partial charge is 0.481 e. The number of halogens is 1. The second kappa shape index (κ2) is 8.13. The van der Waals surface area contributed by atoms with E-state index in [-0.39, 0.29) is 23.5 Å². The lowest BCUT2D eigenvalue weighted by atomic mass is 10.0. The Labute approximate surface area is 152 Å². The van der Waals surface area contributed by atoms with Crippen molar-refractivity contribution in [2.24, 2.45) is 0 Å². The monoisotopic (exact) mass is 355 g/mol. The van der Waals surface area contributed by atoms with Crippen molar-refractivity contribution in [3.05, 3.63) is 65.5 Å². The van der Waals surface area contributed by atoms with E-state index in [9.17, 15) is 14.0 Å². The van der Waals surface area contributed by atoms with E-state index in [1.807, 2.05) is 0 Å². The number of ether oxygens (including phenoxy) is 1. The summed E-state index contributed by atoms with van der Waals surface area (Å²) in [5.41, 5.74) is 0.899. The van der Waals surface area contributed by atoms with E-state index in [0.29, 0.717) is 16.9 Å². The zero-order valence-electron chi connectivity index (χ0n) is 14.7. The summed E-state index contributed by atoms with van der Waals surface area (Å²) in [6, 6.07) is 12.3. The van der Waals surface area contributed by atoms with Gasteiger partial charge in [-0.2, -0.15) is 0 Å². The summed E-state index contributed by atoms with van der Waals surface area (Å²) >= 11 is 0. The third-order valence-electron chi connectivity index (χ3n) is 4.61. The molecule has 1 atom stereocenters. The Morgan fingerprint density at radius 2 is 1.54 bits per heavy atom. The lowest BCUT2D eigenvalue weighted by Crippen LogP contribution is -2.41. The molecule has 2 aromatic carbocycles. The molecule has 136 valence electrons. The van der Waals surface area contributed by atoms with E-state index >= 15 is 0 Å². The Hall–Kier alpha value is -2.69. The lowest BCUT2D eigenvalue weighted by Gasteiger charge is -2.18. The van der Waals surface area contributed by atoms with Crippen LogP contribution in [0.15, 0.2) is 48.5 Å². The first-order chi connectivity index (χ1) is 12.5. The average molecular weight is 355 g/mol. The normalized spacial score (nSPS) is 15.5. The number of hydrogen-bond donors (Lipinski definition) is 1. The quantitative estimate of drug-likeness (QED) is 0.800. The highest BCUT2D eigenvalue weighted by Crippen LogP contribution is 2.19. The maximum atomic E-state index is 13.0. The number of benzene rings is 2. The SMILES string of the molecule is C[C@H](Oc1ccc(C(=O)c2ccc(F)cc2)cc1)C(=O)NC1CCCC1. The summed E-state index contributed by atoms with van der Waals surface area (Å²) in [5.74, 6) is -0.170. The maximum absolute atomic E-state index is 13.0. The van der Waals surface area contributed by atoms with Gasteiger partial charge in [-0.15, -0.1) is 0 Å². The summed E-state index contributed by atoms with van der Waals surface area (Å²) in [6.45, 7) is 1.71. The molecule has 1 N–H and O–H groups in total. The van der Waals surface area contributed by atoms with Gasteiger partial charge in [-0.05, 0) is 68.3 Å². The van der Waals surface area contributed by atoms with Crippen LogP contribution in [0.3, 0.4) is 0 Å². The fourth-order valence-electron chi connectivity index (χ4n) is 3.10. The van der Waals surface area contributed by atoms with Gasteiger partial charge in [-0.1, -0.05) is 12.8 Å². The first-order valence-corrected chi connectivity index (χ1v) is 8.90.